The number of carboxylic acid groups (broad SMARTS) is 1. The number of carbonyl (C=O) groups excluding carboxylic acids is 1. The SMILES string of the molecule is O=C(CSc1nnc(Cc2ccccc2)n1-c1ccccc1)Nc1ccc(C(=O)O)cc1. The molecular weight excluding hydrogens is 424 g/mol. The zero-order chi connectivity index (χ0) is 22.3. The Kier molecular flexibility index (Phi) is 6.62. The lowest BCUT2D eigenvalue weighted by Gasteiger charge is -2.10. The molecule has 0 bridgehead atoms. The molecule has 0 saturated heterocycles. The minimum Gasteiger partial charge on any atom is -0.478 e. The van der Waals surface area contributed by atoms with Gasteiger partial charge in [-0.15, -0.1) is 10.2 Å². The van der Waals surface area contributed by atoms with Crippen molar-refractivity contribution < 1.29 is 14.7 Å². The molecule has 0 fully saturated rings. The number of hydrogen-bond donors (Lipinski definition) is 2. The third-order valence-electron chi connectivity index (χ3n) is 4.67. The summed E-state index contributed by atoms with van der Waals surface area (Å²) in [5.74, 6) is -0.304. The summed E-state index contributed by atoms with van der Waals surface area (Å²) in [4.78, 5) is 23.4. The maximum atomic E-state index is 12.4. The molecule has 0 atom stereocenters. The van der Waals surface area contributed by atoms with Crippen LogP contribution < -0.4 is 5.32 Å². The summed E-state index contributed by atoms with van der Waals surface area (Å²) in [6.07, 6.45) is 0.616. The van der Waals surface area contributed by atoms with Gasteiger partial charge in [0.25, 0.3) is 0 Å². The Bertz CT molecular complexity index is 1210. The fourth-order valence-corrected chi connectivity index (χ4v) is 3.92. The molecule has 0 aliphatic rings. The van der Waals surface area contributed by atoms with Gasteiger partial charge in [-0.2, -0.15) is 0 Å². The highest BCUT2D eigenvalue weighted by Crippen LogP contribution is 2.24. The summed E-state index contributed by atoms with van der Waals surface area (Å²) >= 11 is 1.29. The van der Waals surface area contributed by atoms with Gasteiger partial charge in [-0.1, -0.05) is 60.3 Å². The summed E-state index contributed by atoms with van der Waals surface area (Å²) in [6, 6.07) is 25.9. The summed E-state index contributed by atoms with van der Waals surface area (Å²) in [5.41, 5.74) is 2.75. The van der Waals surface area contributed by atoms with E-state index in [-0.39, 0.29) is 17.2 Å². The van der Waals surface area contributed by atoms with E-state index in [1.807, 2.05) is 65.2 Å². The lowest BCUT2D eigenvalue weighted by Crippen LogP contribution is -2.15. The highest BCUT2D eigenvalue weighted by atomic mass is 32.2. The third kappa shape index (κ3) is 5.22. The standard InChI is InChI=1S/C24H20N4O3S/c29-22(25-19-13-11-18(12-14-19)23(30)31)16-32-24-27-26-21(15-17-7-3-1-4-8-17)28(24)20-9-5-2-6-10-20/h1-14H,15-16H2,(H,25,29)(H,30,31). The number of carbonyl (C=O) groups is 2. The Morgan fingerprint density at radius 3 is 2.19 bits per heavy atom. The van der Waals surface area contributed by atoms with Gasteiger partial charge in [-0.25, -0.2) is 4.79 Å². The molecule has 1 aromatic heterocycles. The molecule has 0 unspecified atom stereocenters. The number of nitrogens with one attached hydrogen (secondary N) is 1. The van der Waals surface area contributed by atoms with E-state index in [9.17, 15) is 9.59 Å². The molecule has 0 aliphatic carbocycles. The second-order valence-electron chi connectivity index (χ2n) is 6.95. The number of benzene rings is 3. The van der Waals surface area contributed by atoms with Crippen LogP contribution in [0.4, 0.5) is 5.69 Å². The van der Waals surface area contributed by atoms with E-state index >= 15 is 0 Å². The molecule has 4 aromatic rings. The number of thioether (sulfide) groups is 1. The summed E-state index contributed by atoms with van der Waals surface area (Å²) in [6.45, 7) is 0. The van der Waals surface area contributed by atoms with Crippen molar-refractivity contribution in [3.8, 4) is 5.69 Å². The van der Waals surface area contributed by atoms with Gasteiger partial charge in [0.15, 0.2) is 5.16 Å². The predicted molar refractivity (Wildman–Crippen MR) is 123 cm³/mol. The number of rotatable bonds is 8. The van der Waals surface area contributed by atoms with E-state index < -0.39 is 5.97 Å². The second kappa shape index (κ2) is 9.93. The molecule has 4 rings (SSSR count). The Balaban J connectivity index is 1.49. The number of nitrogens with zero attached hydrogens (tertiary/aromatic N) is 3. The van der Waals surface area contributed by atoms with Gasteiger partial charge in [0.1, 0.15) is 5.82 Å². The number of hydrogen-bond acceptors (Lipinski definition) is 5. The Labute approximate surface area is 189 Å². The van der Waals surface area contributed by atoms with Crippen LogP contribution in [0.1, 0.15) is 21.7 Å². The quantitative estimate of drug-likeness (QED) is 0.394. The summed E-state index contributed by atoms with van der Waals surface area (Å²) in [7, 11) is 0. The lowest BCUT2D eigenvalue weighted by molar-refractivity contribution is -0.113. The summed E-state index contributed by atoms with van der Waals surface area (Å²) < 4.78 is 1.96. The lowest BCUT2D eigenvalue weighted by atomic mass is 10.1. The molecule has 8 heteroatoms. The molecule has 3 aromatic carbocycles. The van der Waals surface area contributed by atoms with Crippen LogP contribution in [0.25, 0.3) is 5.69 Å². The first-order chi connectivity index (χ1) is 15.6. The molecule has 0 radical (unpaired) electrons. The van der Waals surface area contributed by atoms with Crippen molar-refractivity contribution >= 4 is 29.3 Å². The molecule has 0 saturated carbocycles. The second-order valence-corrected chi connectivity index (χ2v) is 7.89. The molecule has 1 amide bonds. The molecule has 1 heterocycles. The maximum Gasteiger partial charge on any atom is 0.335 e. The maximum absolute atomic E-state index is 12.4. The molecule has 0 spiro atoms. The largest absolute Gasteiger partial charge is 0.478 e. The van der Waals surface area contributed by atoms with Crippen molar-refractivity contribution in [1.29, 1.82) is 0 Å². The van der Waals surface area contributed by atoms with Crippen molar-refractivity contribution in [2.45, 2.75) is 11.6 Å². The molecule has 160 valence electrons. The first kappa shape index (κ1) is 21.3. The van der Waals surface area contributed by atoms with E-state index in [0.29, 0.717) is 17.3 Å². The van der Waals surface area contributed by atoms with E-state index in [1.165, 1.54) is 23.9 Å². The summed E-state index contributed by atoms with van der Waals surface area (Å²) in [5, 5.41) is 21.1. The molecule has 2 N–H and O–H groups in total. The Hall–Kier alpha value is -3.91. The van der Waals surface area contributed by atoms with Crippen molar-refractivity contribution in [2.75, 3.05) is 11.1 Å². The van der Waals surface area contributed by atoms with Crippen LogP contribution in [0.2, 0.25) is 0 Å². The number of aromatic nitrogens is 3. The van der Waals surface area contributed by atoms with Gasteiger partial charge in [-0.05, 0) is 42.0 Å². The molecule has 7 nitrogen and oxygen atoms in total. The zero-order valence-electron chi connectivity index (χ0n) is 17.0. The number of para-hydroxylation sites is 1. The molecular formula is C24H20N4O3S. The topological polar surface area (TPSA) is 97.1 Å². The minimum atomic E-state index is -1.01. The van der Waals surface area contributed by atoms with Gasteiger partial charge in [0.2, 0.25) is 5.91 Å². The van der Waals surface area contributed by atoms with Gasteiger partial charge < -0.3 is 10.4 Å². The average molecular weight is 445 g/mol. The van der Waals surface area contributed by atoms with E-state index in [1.54, 1.807) is 12.1 Å². The first-order valence-corrected chi connectivity index (χ1v) is 10.9. The zero-order valence-corrected chi connectivity index (χ0v) is 17.8. The van der Waals surface area contributed by atoms with E-state index in [2.05, 4.69) is 15.5 Å². The Morgan fingerprint density at radius 2 is 1.53 bits per heavy atom. The fraction of sp³-hybridized carbons (Fsp3) is 0.0833. The van der Waals surface area contributed by atoms with E-state index in [4.69, 9.17) is 5.11 Å². The number of aromatic carboxylic acids is 1. The minimum absolute atomic E-state index is 0.136. The van der Waals surface area contributed by atoms with Crippen LogP contribution >= 0.6 is 11.8 Å². The number of anilines is 1. The first-order valence-electron chi connectivity index (χ1n) is 9.90. The smallest absolute Gasteiger partial charge is 0.335 e. The van der Waals surface area contributed by atoms with Gasteiger partial charge in [-0.3, -0.25) is 9.36 Å². The third-order valence-corrected chi connectivity index (χ3v) is 5.60. The van der Waals surface area contributed by atoms with Crippen LogP contribution in [0.5, 0.6) is 0 Å². The number of carboxylic acids is 1. The van der Waals surface area contributed by atoms with Crippen molar-refractivity contribution in [3.63, 3.8) is 0 Å². The predicted octanol–water partition coefficient (Wildman–Crippen LogP) is 4.29. The van der Waals surface area contributed by atoms with Gasteiger partial charge >= 0.3 is 5.97 Å². The van der Waals surface area contributed by atoms with E-state index in [0.717, 1.165) is 17.1 Å². The van der Waals surface area contributed by atoms with Crippen LogP contribution in [-0.2, 0) is 11.2 Å². The average Bonchev–Trinajstić information content (AvgIpc) is 3.21. The van der Waals surface area contributed by atoms with Crippen LogP contribution in [0.3, 0.4) is 0 Å². The van der Waals surface area contributed by atoms with Crippen molar-refractivity contribution in [2.24, 2.45) is 0 Å². The van der Waals surface area contributed by atoms with Crippen molar-refractivity contribution in [3.05, 3.63) is 102 Å². The molecule has 32 heavy (non-hydrogen) atoms. The monoisotopic (exact) mass is 444 g/mol. The number of amides is 1. The van der Waals surface area contributed by atoms with Crippen LogP contribution in [-0.4, -0.2) is 37.5 Å². The van der Waals surface area contributed by atoms with Gasteiger partial charge in [0, 0.05) is 17.8 Å². The highest BCUT2D eigenvalue weighted by molar-refractivity contribution is 7.99. The fourth-order valence-electron chi connectivity index (χ4n) is 3.15. The normalized spacial score (nSPS) is 10.6. The molecule has 0 aliphatic heterocycles. The van der Waals surface area contributed by atoms with Crippen molar-refractivity contribution in [1.82, 2.24) is 14.8 Å². The van der Waals surface area contributed by atoms with Gasteiger partial charge in [0.05, 0.1) is 11.3 Å². The highest BCUT2D eigenvalue weighted by Gasteiger charge is 2.16. The van der Waals surface area contributed by atoms with Crippen LogP contribution in [0.15, 0.2) is 90.1 Å². The Morgan fingerprint density at radius 1 is 0.875 bits per heavy atom. The van der Waals surface area contributed by atoms with Crippen LogP contribution in [0, 0.1) is 0 Å².